The van der Waals surface area contributed by atoms with Crippen molar-refractivity contribution in [2.24, 2.45) is 5.92 Å². The molecule has 0 aliphatic carbocycles. The van der Waals surface area contributed by atoms with E-state index in [2.05, 4.69) is 6.92 Å². The van der Waals surface area contributed by atoms with Gasteiger partial charge < -0.3 is 20.2 Å². The van der Waals surface area contributed by atoms with Gasteiger partial charge in [-0.2, -0.15) is 0 Å². The predicted molar refractivity (Wildman–Crippen MR) is 63.3 cm³/mol. The van der Waals surface area contributed by atoms with Crippen LogP contribution in [0.15, 0.2) is 0 Å². The zero-order valence-corrected chi connectivity index (χ0v) is 14.9. The summed E-state index contributed by atoms with van der Waals surface area (Å²) in [5, 5.41) is 30.1. The molecule has 0 rings (SSSR count). The number of carbonyl (C=O) groups is 1. The van der Waals surface area contributed by atoms with Gasteiger partial charge in [-0.15, -0.1) is 0 Å². The second-order valence-corrected chi connectivity index (χ2v) is 2.93. The van der Waals surface area contributed by atoms with Gasteiger partial charge in [0, 0.05) is 0 Å². The molecule has 1 atom stereocenters. The Labute approximate surface area is 110 Å². The third-order valence-electron chi connectivity index (χ3n) is 1.75. The first-order chi connectivity index (χ1) is 6.45. The number of rotatable bonds is 5. The van der Waals surface area contributed by atoms with Gasteiger partial charge in [-0.05, 0) is 12.8 Å². The molecule has 0 saturated carbocycles. The number of hydrogen-bond donors (Lipinski definition) is 4. The molecule has 0 heterocycles. The molecule has 0 bridgehead atoms. The molecule has 0 aromatic carbocycles. The number of carboxylic acid groups (broad SMARTS) is 1. The summed E-state index contributed by atoms with van der Waals surface area (Å²) < 4.78 is 0. The second-order valence-electron chi connectivity index (χ2n) is 2.93. The van der Waals surface area contributed by atoms with Gasteiger partial charge in [0.15, 0.2) is 0 Å². The van der Waals surface area contributed by atoms with Crippen molar-refractivity contribution in [3.63, 3.8) is 0 Å². The van der Waals surface area contributed by atoms with Crippen LogP contribution in [0.5, 0.6) is 0 Å². The topological polar surface area (TPSA) is 98.0 Å². The first kappa shape index (κ1) is 20.7. The Morgan fingerprint density at radius 2 is 1.67 bits per heavy atom. The van der Waals surface area contributed by atoms with Crippen LogP contribution in [0.2, 0.25) is 0 Å². The Bertz CT molecular complexity index is 142. The van der Waals surface area contributed by atoms with Gasteiger partial charge in [0.25, 0.3) is 0 Å². The molecule has 0 aromatic heterocycles. The number of carboxylic acids is 1. The zero-order chi connectivity index (χ0) is 11.6. The summed E-state index contributed by atoms with van der Waals surface area (Å²) in [6, 6.07) is 0. The van der Waals surface area contributed by atoms with Crippen molar-refractivity contribution in [2.75, 3.05) is 0 Å². The molecule has 15 heavy (non-hydrogen) atoms. The molecule has 0 amide bonds. The minimum absolute atomic E-state index is 0. The van der Waals surface area contributed by atoms with Gasteiger partial charge in [0.1, 0.15) is 0 Å². The molecule has 5 nitrogen and oxygen atoms in total. The molecule has 4 N–H and O–H groups in total. The third-order valence-corrected chi connectivity index (χ3v) is 1.75. The van der Waals surface area contributed by atoms with Crippen LogP contribution in [0, 0.1) is 5.92 Å². The summed E-state index contributed by atoms with van der Waals surface area (Å²) in [4.78, 5) is 10.4. The Hall–Kier alpha value is 0.298. The van der Waals surface area contributed by atoms with E-state index in [9.17, 15) is 4.79 Å². The van der Waals surface area contributed by atoms with E-state index in [1.807, 2.05) is 6.92 Å². The summed E-state index contributed by atoms with van der Waals surface area (Å²) >= 11 is 0. The maximum atomic E-state index is 10.4. The fourth-order valence-electron chi connectivity index (χ4n) is 0.953. The molecule has 0 aromatic rings. The quantitative estimate of drug-likeness (QED) is 0.432. The molecule has 0 saturated heterocycles. The molecule has 7 heteroatoms. The molecule has 0 aliphatic heterocycles. The van der Waals surface area contributed by atoms with Crippen molar-refractivity contribution in [3.05, 3.63) is 0 Å². The molecular weight excluding hydrogens is 396 g/mol. The van der Waals surface area contributed by atoms with Crippen LogP contribution < -0.4 is 0 Å². The van der Waals surface area contributed by atoms with Crippen molar-refractivity contribution in [2.45, 2.75) is 39.5 Å². The molecule has 0 aliphatic rings. The van der Waals surface area contributed by atoms with Crippen LogP contribution in [0.4, 0.5) is 0 Å². The van der Waals surface area contributed by atoms with E-state index in [0.29, 0.717) is 0 Å². The monoisotopic (exact) mass is 418 g/mol. The van der Waals surface area contributed by atoms with Gasteiger partial charge in [0.2, 0.25) is 0 Å². The molecule has 0 spiro atoms. The predicted octanol–water partition coefficient (Wildman–Crippen LogP) is -0.948. The Balaban J connectivity index is -0.000000249. The van der Waals surface area contributed by atoms with E-state index in [1.165, 1.54) is 0 Å². The van der Waals surface area contributed by atoms with Crippen molar-refractivity contribution in [1.29, 1.82) is 0 Å². The number of hydrogen-bond acceptors (Lipinski definition) is 4. The normalized spacial score (nSPS) is 10.5. The van der Waals surface area contributed by atoms with Gasteiger partial charge >= 0.3 is 39.5 Å². The molecular formula is C8H22BBiO5. The fourth-order valence-corrected chi connectivity index (χ4v) is 0.953. The van der Waals surface area contributed by atoms with E-state index in [1.54, 1.807) is 0 Å². The van der Waals surface area contributed by atoms with Crippen LogP contribution in [0.1, 0.15) is 39.5 Å². The Morgan fingerprint density at radius 1 is 1.27 bits per heavy atom. The van der Waals surface area contributed by atoms with Gasteiger partial charge in [-0.3, -0.25) is 4.79 Å². The maximum absolute atomic E-state index is 10.4. The van der Waals surface area contributed by atoms with Crippen LogP contribution in [0.25, 0.3) is 0 Å². The van der Waals surface area contributed by atoms with Crippen molar-refractivity contribution in [3.8, 4) is 0 Å². The molecule has 1 unspecified atom stereocenters. The van der Waals surface area contributed by atoms with Crippen molar-refractivity contribution < 1.29 is 25.0 Å². The van der Waals surface area contributed by atoms with Crippen molar-refractivity contribution >= 4 is 39.5 Å². The van der Waals surface area contributed by atoms with Gasteiger partial charge in [0.05, 0.1) is 5.92 Å². The van der Waals surface area contributed by atoms with Crippen LogP contribution in [0.3, 0.4) is 0 Å². The number of unbranched alkanes of at least 4 members (excludes halogenated alkanes) is 1. The standard InChI is InChI=1S/C8H16O2.BH3O3.Bi.3H/c1-3-5-6-7(4-2)8(9)10;2-1(3)4;;;;/h7H,3-6H2,1-2H3,(H,9,10);2-4H;;;;. The summed E-state index contributed by atoms with van der Waals surface area (Å²) in [7, 11) is -2.17. The molecule has 0 radical (unpaired) electrons. The third kappa shape index (κ3) is 20.4. The number of aliphatic carboxylic acids is 1. The second kappa shape index (κ2) is 14.3. The van der Waals surface area contributed by atoms with Crippen LogP contribution in [-0.4, -0.2) is 59.7 Å². The minimum atomic E-state index is -2.17. The molecule has 92 valence electrons. The van der Waals surface area contributed by atoms with E-state index < -0.39 is 13.3 Å². The van der Waals surface area contributed by atoms with Crippen LogP contribution >= 0.6 is 0 Å². The first-order valence-corrected chi connectivity index (χ1v) is 4.72. The summed E-state index contributed by atoms with van der Waals surface area (Å²) in [6.45, 7) is 4.00. The SMILES string of the molecule is CCCCC(CC)C(=O)O.OB(O)O.[BiH3]. The average molecular weight is 418 g/mol. The summed E-state index contributed by atoms with van der Waals surface area (Å²) in [5.74, 6) is -0.754. The zero-order valence-electron chi connectivity index (χ0n) is 9.39. The summed E-state index contributed by atoms with van der Waals surface area (Å²) in [6.07, 6.45) is 3.71. The van der Waals surface area contributed by atoms with Gasteiger partial charge in [-0.1, -0.05) is 26.7 Å². The summed E-state index contributed by atoms with van der Waals surface area (Å²) in [5.41, 5.74) is 0. The van der Waals surface area contributed by atoms with Crippen LogP contribution in [-0.2, 0) is 4.79 Å². The van der Waals surface area contributed by atoms with E-state index in [-0.39, 0.29) is 32.1 Å². The fraction of sp³-hybridized carbons (Fsp3) is 0.875. The Morgan fingerprint density at radius 3 is 1.87 bits per heavy atom. The Kier molecular flexibility index (Phi) is 19.7. The van der Waals surface area contributed by atoms with E-state index in [0.717, 1.165) is 25.7 Å². The average Bonchev–Trinajstić information content (AvgIpc) is 2.04. The first-order valence-electron chi connectivity index (χ1n) is 4.72. The van der Waals surface area contributed by atoms with E-state index in [4.69, 9.17) is 20.2 Å². The molecule has 0 fully saturated rings. The van der Waals surface area contributed by atoms with E-state index >= 15 is 0 Å². The van der Waals surface area contributed by atoms with Crippen molar-refractivity contribution in [1.82, 2.24) is 0 Å². The van der Waals surface area contributed by atoms with Gasteiger partial charge in [-0.25, -0.2) is 0 Å².